The molecule has 4 nitrogen and oxygen atoms in total. The molecule has 1 aliphatic heterocycles. The van der Waals surface area contributed by atoms with Crippen molar-refractivity contribution in [2.24, 2.45) is 5.92 Å². The number of rotatable bonds is 5. The summed E-state index contributed by atoms with van der Waals surface area (Å²) >= 11 is 0. The normalized spacial score (nSPS) is 17.2. The van der Waals surface area contributed by atoms with Gasteiger partial charge in [0.25, 0.3) is 5.91 Å². The minimum Gasteiger partial charge on any atom is -0.350 e. The fourth-order valence-electron chi connectivity index (χ4n) is 3.37. The van der Waals surface area contributed by atoms with Crippen molar-refractivity contribution < 1.29 is 4.79 Å². The summed E-state index contributed by atoms with van der Waals surface area (Å²) in [6.45, 7) is 7.03. The molecule has 1 N–H and O–H groups in total. The topological polar surface area (TPSA) is 45.2 Å². The van der Waals surface area contributed by atoms with E-state index in [0.717, 1.165) is 24.7 Å². The van der Waals surface area contributed by atoms with Crippen LogP contribution in [-0.2, 0) is 0 Å². The molecular formula is C21H27N3O. The largest absolute Gasteiger partial charge is 0.350 e. The molecule has 0 spiro atoms. The number of nitrogens with zero attached hydrogens (tertiary/aromatic N) is 2. The fourth-order valence-corrected chi connectivity index (χ4v) is 3.37. The molecule has 3 rings (SSSR count). The molecule has 1 aromatic carbocycles. The molecule has 1 saturated heterocycles. The van der Waals surface area contributed by atoms with Gasteiger partial charge in [0.1, 0.15) is 0 Å². The Morgan fingerprint density at radius 3 is 2.56 bits per heavy atom. The molecule has 1 fully saturated rings. The Balaban J connectivity index is 1.69. The highest BCUT2D eigenvalue weighted by Crippen LogP contribution is 2.26. The van der Waals surface area contributed by atoms with E-state index in [1.165, 1.54) is 18.4 Å². The summed E-state index contributed by atoms with van der Waals surface area (Å²) in [5, 5.41) is 3.10. The van der Waals surface area contributed by atoms with Crippen LogP contribution in [0.3, 0.4) is 0 Å². The molecule has 1 aliphatic rings. The summed E-state index contributed by atoms with van der Waals surface area (Å²) in [6, 6.07) is 14.4. The highest BCUT2D eigenvalue weighted by molar-refractivity contribution is 5.93. The van der Waals surface area contributed by atoms with Crippen molar-refractivity contribution in [3.8, 4) is 0 Å². The van der Waals surface area contributed by atoms with Crippen molar-refractivity contribution >= 4 is 5.91 Å². The second kappa shape index (κ2) is 8.26. The predicted molar refractivity (Wildman–Crippen MR) is 100 cm³/mol. The first-order valence-electron chi connectivity index (χ1n) is 9.13. The molecule has 0 bridgehead atoms. The molecule has 2 aromatic rings. The average molecular weight is 337 g/mol. The van der Waals surface area contributed by atoms with Gasteiger partial charge >= 0.3 is 0 Å². The zero-order valence-electron chi connectivity index (χ0n) is 15.1. The number of nitrogens with one attached hydrogen (secondary N) is 1. The van der Waals surface area contributed by atoms with Crippen LogP contribution in [0.5, 0.6) is 0 Å². The number of hydrogen-bond acceptors (Lipinski definition) is 3. The summed E-state index contributed by atoms with van der Waals surface area (Å²) in [5.74, 6) is 0.736. The SMILES string of the molecule is Cc1ccc(C(=O)NCC(c2ccccc2)N2CCC(C)CC2)cn1. The van der Waals surface area contributed by atoms with Crippen LogP contribution < -0.4 is 5.32 Å². The van der Waals surface area contributed by atoms with Crippen molar-refractivity contribution in [3.05, 3.63) is 65.5 Å². The van der Waals surface area contributed by atoms with Crippen LogP contribution in [0.4, 0.5) is 0 Å². The second-order valence-electron chi connectivity index (χ2n) is 7.04. The third kappa shape index (κ3) is 4.67. The molecule has 0 aliphatic carbocycles. The van der Waals surface area contributed by atoms with Crippen LogP contribution in [0.2, 0.25) is 0 Å². The van der Waals surface area contributed by atoms with Crippen molar-refractivity contribution in [2.75, 3.05) is 19.6 Å². The Labute approximate surface area is 150 Å². The molecule has 1 amide bonds. The van der Waals surface area contributed by atoms with Crippen LogP contribution in [0.15, 0.2) is 48.7 Å². The van der Waals surface area contributed by atoms with Crippen LogP contribution >= 0.6 is 0 Å². The fraction of sp³-hybridized carbons (Fsp3) is 0.429. The first-order chi connectivity index (χ1) is 12.1. The number of carbonyl (C=O) groups excluding carboxylic acids is 1. The zero-order chi connectivity index (χ0) is 17.6. The maximum Gasteiger partial charge on any atom is 0.252 e. The van der Waals surface area contributed by atoms with Crippen molar-refractivity contribution in [3.63, 3.8) is 0 Å². The summed E-state index contributed by atoms with van der Waals surface area (Å²) in [5.41, 5.74) is 2.80. The van der Waals surface area contributed by atoms with E-state index in [4.69, 9.17) is 0 Å². The minimum atomic E-state index is -0.0567. The quantitative estimate of drug-likeness (QED) is 0.907. The van der Waals surface area contributed by atoms with Gasteiger partial charge in [-0.1, -0.05) is 37.3 Å². The van der Waals surface area contributed by atoms with E-state index in [-0.39, 0.29) is 11.9 Å². The average Bonchev–Trinajstić information content (AvgIpc) is 2.64. The van der Waals surface area contributed by atoms with E-state index in [9.17, 15) is 4.79 Å². The van der Waals surface area contributed by atoms with Gasteiger partial charge in [0.05, 0.1) is 11.6 Å². The summed E-state index contributed by atoms with van der Waals surface area (Å²) in [6.07, 6.45) is 4.09. The van der Waals surface area contributed by atoms with Gasteiger partial charge in [0, 0.05) is 18.4 Å². The van der Waals surface area contributed by atoms with Crippen molar-refractivity contribution in [2.45, 2.75) is 32.7 Å². The molecule has 25 heavy (non-hydrogen) atoms. The van der Waals surface area contributed by atoms with E-state index in [1.54, 1.807) is 6.20 Å². The Morgan fingerprint density at radius 1 is 1.20 bits per heavy atom. The van der Waals surface area contributed by atoms with Gasteiger partial charge in [-0.3, -0.25) is 14.7 Å². The number of benzene rings is 1. The summed E-state index contributed by atoms with van der Waals surface area (Å²) in [7, 11) is 0. The maximum absolute atomic E-state index is 12.5. The Kier molecular flexibility index (Phi) is 5.82. The third-order valence-corrected chi connectivity index (χ3v) is 5.07. The molecule has 132 valence electrons. The van der Waals surface area contributed by atoms with E-state index in [1.807, 2.05) is 25.1 Å². The Hall–Kier alpha value is -2.20. The second-order valence-corrected chi connectivity index (χ2v) is 7.04. The molecule has 4 heteroatoms. The van der Waals surface area contributed by atoms with E-state index < -0.39 is 0 Å². The summed E-state index contributed by atoms with van der Waals surface area (Å²) < 4.78 is 0. The maximum atomic E-state index is 12.5. The first-order valence-corrected chi connectivity index (χ1v) is 9.13. The first kappa shape index (κ1) is 17.6. The Bertz CT molecular complexity index is 676. The number of piperidine rings is 1. The lowest BCUT2D eigenvalue weighted by Crippen LogP contribution is -2.42. The molecule has 1 unspecified atom stereocenters. The molecule has 0 saturated carbocycles. The number of aryl methyl sites for hydroxylation is 1. The smallest absolute Gasteiger partial charge is 0.252 e. The summed E-state index contributed by atoms with van der Waals surface area (Å²) in [4.78, 5) is 19.2. The molecule has 1 aromatic heterocycles. The van der Waals surface area contributed by atoms with Gasteiger partial charge < -0.3 is 5.32 Å². The lowest BCUT2D eigenvalue weighted by Gasteiger charge is -2.37. The molecule has 0 radical (unpaired) electrons. The zero-order valence-corrected chi connectivity index (χ0v) is 15.1. The van der Waals surface area contributed by atoms with E-state index in [0.29, 0.717) is 12.1 Å². The van der Waals surface area contributed by atoms with Crippen LogP contribution in [-0.4, -0.2) is 35.4 Å². The number of pyridine rings is 1. The van der Waals surface area contributed by atoms with Crippen molar-refractivity contribution in [1.29, 1.82) is 0 Å². The van der Waals surface area contributed by atoms with Gasteiger partial charge in [-0.05, 0) is 56.5 Å². The minimum absolute atomic E-state index is 0.0567. The number of aromatic nitrogens is 1. The highest BCUT2D eigenvalue weighted by Gasteiger charge is 2.25. The number of amides is 1. The standard InChI is InChI=1S/C21H27N3O/c1-16-10-12-24(13-11-16)20(18-6-4-3-5-7-18)15-23-21(25)19-9-8-17(2)22-14-19/h3-9,14,16,20H,10-13,15H2,1-2H3,(H,23,25). The number of carbonyl (C=O) groups is 1. The van der Waals surface area contributed by atoms with E-state index >= 15 is 0 Å². The van der Waals surface area contributed by atoms with Gasteiger partial charge in [-0.15, -0.1) is 0 Å². The molecular weight excluding hydrogens is 310 g/mol. The van der Waals surface area contributed by atoms with Gasteiger partial charge in [-0.2, -0.15) is 0 Å². The van der Waals surface area contributed by atoms with Gasteiger partial charge in [0.15, 0.2) is 0 Å². The van der Waals surface area contributed by atoms with E-state index in [2.05, 4.69) is 46.4 Å². The van der Waals surface area contributed by atoms with Gasteiger partial charge in [0.2, 0.25) is 0 Å². The lowest BCUT2D eigenvalue weighted by atomic mass is 9.95. The highest BCUT2D eigenvalue weighted by atomic mass is 16.1. The third-order valence-electron chi connectivity index (χ3n) is 5.07. The predicted octanol–water partition coefficient (Wildman–Crippen LogP) is 3.59. The monoisotopic (exact) mass is 337 g/mol. The van der Waals surface area contributed by atoms with Crippen LogP contribution in [0, 0.1) is 12.8 Å². The van der Waals surface area contributed by atoms with Crippen molar-refractivity contribution in [1.82, 2.24) is 15.2 Å². The van der Waals surface area contributed by atoms with Crippen LogP contribution in [0.1, 0.15) is 47.4 Å². The van der Waals surface area contributed by atoms with Gasteiger partial charge in [-0.25, -0.2) is 0 Å². The molecule has 2 heterocycles. The molecule has 1 atom stereocenters. The lowest BCUT2D eigenvalue weighted by molar-refractivity contribution is 0.0912. The van der Waals surface area contributed by atoms with Crippen LogP contribution in [0.25, 0.3) is 0 Å². The Morgan fingerprint density at radius 2 is 1.92 bits per heavy atom. The number of likely N-dealkylation sites (tertiary alicyclic amines) is 1. The number of hydrogen-bond donors (Lipinski definition) is 1.